The number of hydrogen-bond acceptors (Lipinski definition) is 3. The average Bonchev–Trinajstić information content (AvgIpc) is 3.19. The van der Waals surface area contributed by atoms with E-state index in [2.05, 4.69) is 42.7 Å². The molecule has 1 aliphatic rings. The lowest BCUT2D eigenvalue weighted by molar-refractivity contribution is -0.123. The molecular weight excluding hydrogens is 432 g/mol. The Balaban J connectivity index is 1.51. The first-order valence-electron chi connectivity index (χ1n) is 6.65. The van der Waals surface area contributed by atoms with Gasteiger partial charge in [-0.1, -0.05) is 28.1 Å². The van der Waals surface area contributed by atoms with Gasteiger partial charge in [0.1, 0.15) is 0 Å². The summed E-state index contributed by atoms with van der Waals surface area (Å²) < 4.78 is 1.90. The number of rotatable bonds is 3. The molecule has 4 nitrogen and oxygen atoms in total. The van der Waals surface area contributed by atoms with Crippen LogP contribution in [0.1, 0.15) is 27.6 Å². The van der Waals surface area contributed by atoms with E-state index in [0.29, 0.717) is 4.88 Å². The summed E-state index contributed by atoms with van der Waals surface area (Å²) in [7, 11) is 0. The first-order valence-corrected chi connectivity index (χ1v) is 9.06. The number of nitrogens with one attached hydrogen (secondary N) is 2. The van der Waals surface area contributed by atoms with Crippen LogP contribution in [0.15, 0.2) is 44.7 Å². The second-order valence-electron chi connectivity index (χ2n) is 5.05. The second kappa shape index (κ2) is 6.52. The van der Waals surface area contributed by atoms with E-state index in [1.165, 1.54) is 11.3 Å². The van der Waals surface area contributed by atoms with Gasteiger partial charge in [0.25, 0.3) is 5.91 Å². The van der Waals surface area contributed by atoms with Gasteiger partial charge in [0.2, 0.25) is 5.91 Å². The summed E-state index contributed by atoms with van der Waals surface area (Å²) in [6.45, 7) is 0. The van der Waals surface area contributed by atoms with Crippen molar-refractivity contribution in [3.8, 4) is 0 Å². The minimum absolute atomic E-state index is 0.0726. The van der Waals surface area contributed by atoms with Crippen molar-refractivity contribution in [2.45, 2.75) is 12.3 Å². The Morgan fingerprint density at radius 1 is 1.05 bits per heavy atom. The van der Waals surface area contributed by atoms with E-state index < -0.39 is 0 Å². The molecule has 2 amide bonds. The summed E-state index contributed by atoms with van der Waals surface area (Å²) in [5.74, 6) is -0.279. The molecule has 1 aromatic carbocycles. The summed E-state index contributed by atoms with van der Waals surface area (Å²) in [5, 5.41) is 0. The van der Waals surface area contributed by atoms with Crippen LogP contribution in [0.2, 0.25) is 0 Å². The molecule has 1 saturated carbocycles. The molecule has 114 valence electrons. The van der Waals surface area contributed by atoms with Crippen LogP contribution < -0.4 is 10.9 Å². The number of hydrogen-bond donors (Lipinski definition) is 2. The molecule has 0 aliphatic heterocycles. The van der Waals surface area contributed by atoms with Crippen LogP contribution in [0.25, 0.3) is 0 Å². The third-order valence-corrected chi connectivity index (χ3v) is 5.67. The SMILES string of the molecule is O=C(NNC(=O)C1CC1c1ccc(Br)cc1)c1ccc(Br)s1. The van der Waals surface area contributed by atoms with Gasteiger partial charge in [-0.05, 0) is 58.1 Å². The van der Waals surface area contributed by atoms with Crippen molar-refractivity contribution in [3.63, 3.8) is 0 Å². The van der Waals surface area contributed by atoms with E-state index in [0.717, 1.165) is 20.2 Å². The Kier molecular flexibility index (Phi) is 4.65. The van der Waals surface area contributed by atoms with Gasteiger partial charge in [0.05, 0.1) is 8.66 Å². The number of amides is 2. The van der Waals surface area contributed by atoms with Crippen molar-refractivity contribution in [3.05, 3.63) is 55.1 Å². The molecule has 1 aliphatic carbocycles. The Hall–Kier alpha value is -1.18. The number of hydrazine groups is 1. The molecule has 3 rings (SSSR count). The zero-order chi connectivity index (χ0) is 15.7. The van der Waals surface area contributed by atoms with Crippen LogP contribution in [-0.4, -0.2) is 11.8 Å². The molecule has 2 aromatic rings. The Morgan fingerprint density at radius 2 is 1.77 bits per heavy atom. The number of benzene rings is 1. The van der Waals surface area contributed by atoms with E-state index in [4.69, 9.17) is 0 Å². The maximum Gasteiger partial charge on any atom is 0.279 e. The lowest BCUT2D eigenvalue weighted by atomic mass is 10.1. The first kappa shape index (κ1) is 15.7. The standard InChI is InChI=1S/C15H12Br2N2O2S/c16-9-3-1-8(2-4-9)10-7-11(10)14(20)18-19-15(21)12-5-6-13(17)22-12/h1-6,10-11H,7H2,(H,18,20)(H,19,21). The van der Waals surface area contributed by atoms with Crippen molar-refractivity contribution in [1.82, 2.24) is 10.9 Å². The highest BCUT2D eigenvalue weighted by molar-refractivity contribution is 9.11. The summed E-state index contributed by atoms with van der Waals surface area (Å²) in [6, 6.07) is 11.5. The van der Waals surface area contributed by atoms with Crippen LogP contribution >= 0.6 is 43.2 Å². The molecule has 2 atom stereocenters. The highest BCUT2D eigenvalue weighted by Gasteiger charge is 2.44. The highest BCUT2D eigenvalue weighted by atomic mass is 79.9. The molecule has 7 heteroatoms. The molecule has 0 radical (unpaired) electrons. The topological polar surface area (TPSA) is 58.2 Å². The van der Waals surface area contributed by atoms with Crippen molar-refractivity contribution in [2.24, 2.45) is 5.92 Å². The van der Waals surface area contributed by atoms with E-state index >= 15 is 0 Å². The molecule has 22 heavy (non-hydrogen) atoms. The monoisotopic (exact) mass is 442 g/mol. The summed E-state index contributed by atoms with van der Waals surface area (Å²) >= 11 is 8.01. The fourth-order valence-corrected chi connectivity index (χ4v) is 3.82. The number of carbonyl (C=O) groups excluding carboxylic acids is 2. The zero-order valence-electron chi connectivity index (χ0n) is 11.3. The number of thiophene rings is 1. The van der Waals surface area contributed by atoms with E-state index in [-0.39, 0.29) is 23.7 Å². The molecule has 0 bridgehead atoms. The van der Waals surface area contributed by atoms with E-state index in [1.807, 2.05) is 24.3 Å². The quantitative estimate of drug-likeness (QED) is 0.708. The summed E-state index contributed by atoms with van der Waals surface area (Å²) in [5.41, 5.74) is 6.11. The zero-order valence-corrected chi connectivity index (χ0v) is 15.3. The minimum Gasteiger partial charge on any atom is -0.273 e. The smallest absolute Gasteiger partial charge is 0.273 e. The van der Waals surface area contributed by atoms with E-state index in [1.54, 1.807) is 12.1 Å². The van der Waals surface area contributed by atoms with Crippen molar-refractivity contribution in [1.29, 1.82) is 0 Å². The van der Waals surface area contributed by atoms with Crippen molar-refractivity contribution >= 4 is 55.0 Å². The van der Waals surface area contributed by atoms with Gasteiger partial charge in [-0.2, -0.15) is 0 Å². The van der Waals surface area contributed by atoms with Gasteiger partial charge in [-0.15, -0.1) is 11.3 Å². The van der Waals surface area contributed by atoms with Gasteiger partial charge in [0, 0.05) is 10.4 Å². The van der Waals surface area contributed by atoms with Gasteiger partial charge in [-0.25, -0.2) is 0 Å². The molecule has 0 spiro atoms. The number of halogens is 2. The summed E-state index contributed by atoms with van der Waals surface area (Å²) in [6.07, 6.45) is 0.813. The van der Waals surface area contributed by atoms with Gasteiger partial charge in [-0.3, -0.25) is 20.4 Å². The number of carbonyl (C=O) groups is 2. The molecule has 0 saturated heterocycles. The first-order chi connectivity index (χ1) is 10.5. The lowest BCUT2D eigenvalue weighted by Crippen LogP contribution is -2.42. The fourth-order valence-electron chi connectivity index (χ4n) is 2.27. The molecular formula is C15H12Br2N2O2S. The van der Waals surface area contributed by atoms with Gasteiger partial charge in [0.15, 0.2) is 0 Å². The maximum atomic E-state index is 12.1. The molecule has 1 aromatic heterocycles. The molecule has 1 heterocycles. The van der Waals surface area contributed by atoms with Crippen LogP contribution in [0.4, 0.5) is 0 Å². The average molecular weight is 444 g/mol. The third kappa shape index (κ3) is 3.59. The Morgan fingerprint density at radius 3 is 2.41 bits per heavy atom. The van der Waals surface area contributed by atoms with E-state index in [9.17, 15) is 9.59 Å². The maximum absolute atomic E-state index is 12.1. The molecule has 2 unspecified atom stereocenters. The highest BCUT2D eigenvalue weighted by Crippen LogP contribution is 2.47. The predicted molar refractivity (Wildman–Crippen MR) is 92.6 cm³/mol. The van der Waals surface area contributed by atoms with Crippen LogP contribution in [0, 0.1) is 5.92 Å². The van der Waals surface area contributed by atoms with Crippen molar-refractivity contribution < 1.29 is 9.59 Å². The third-order valence-electron chi connectivity index (χ3n) is 3.52. The predicted octanol–water partition coefficient (Wildman–Crippen LogP) is 3.84. The van der Waals surface area contributed by atoms with Crippen molar-refractivity contribution in [2.75, 3.05) is 0 Å². The van der Waals surface area contributed by atoms with Crippen LogP contribution in [-0.2, 0) is 4.79 Å². The van der Waals surface area contributed by atoms with Gasteiger partial charge >= 0.3 is 0 Å². The molecule has 1 fully saturated rings. The molecule has 2 N–H and O–H groups in total. The second-order valence-corrected chi connectivity index (χ2v) is 8.43. The Labute approximate surface area is 148 Å². The van der Waals surface area contributed by atoms with Crippen LogP contribution in [0.5, 0.6) is 0 Å². The Bertz CT molecular complexity index is 715. The lowest BCUT2D eigenvalue weighted by Gasteiger charge is -2.06. The normalized spacial score (nSPS) is 19.5. The summed E-state index contributed by atoms with van der Waals surface area (Å²) in [4.78, 5) is 24.5. The van der Waals surface area contributed by atoms with Crippen LogP contribution in [0.3, 0.4) is 0 Å². The minimum atomic E-state index is -0.301. The fraction of sp³-hybridized carbons (Fsp3) is 0.200. The van der Waals surface area contributed by atoms with Gasteiger partial charge < -0.3 is 0 Å². The largest absolute Gasteiger partial charge is 0.279 e.